The summed E-state index contributed by atoms with van der Waals surface area (Å²) in [6.07, 6.45) is 1.17. The molecule has 1 N–H and O–H groups in total. The van der Waals surface area contributed by atoms with Crippen LogP contribution in [0.15, 0.2) is 0 Å². The number of aliphatic carboxylic acids is 1. The summed E-state index contributed by atoms with van der Waals surface area (Å²) in [5.74, 6) is 2.17. The second-order valence-electron chi connectivity index (χ2n) is 5.84. The van der Waals surface area contributed by atoms with E-state index < -0.39 is 11.4 Å². The Morgan fingerprint density at radius 3 is 2.79 bits per heavy atom. The summed E-state index contributed by atoms with van der Waals surface area (Å²) in [4.78, 5) is 23.3. The zero-order valence-electron chi connectivity index (χ0n) is 7.51. The van der Waals surface area contributed by atoms with Gasteiger partial charge in [0.2, 0.25) is 0 Å². The van der Waals surface area contributed by atoms with Gasteiger partial charge in [-0.05, 0) is 36.0 Å². The number of Topliss-reactive ketones (excluding diaryl/α,β-unsaturated/α-hetero) is 1. The minimum absolute atomic E-state index is 0.0521. The van der Waals surface area contributed by atoms with Crippen LogP contribution in [0, 0.1) is 46.8 Å². The van der Waals surface area contributed by atoms with Crippen LogP contribution in [0.2, 0.25) is 0 Å². The van der Waals surface area contributed by atoms with Gasteiger partial charge in [0.25, 0.3) is 0 Å². The third kappa shape index (κ3) is 0.287. The largest absolute Gasteiger partial charge is 0.481 e. The lowest BCUT2D eigenvalue weighted by Crippen LogP contribution is -2.73. The van der Waals surface area contributed by atoms with E-state index in [9.17, 15) is 14.7 Å². The summed E-state index contributed by atoms with van der Waals surface area (Å²) >= 11 is 0. The van der Waals surface area contributed by atoms with E-state index in [0.29, 0.717) is 29.5 Å². The second-order valence-corrected chi connectivity index (χ2v) is 5.84. The first-order chi connectivity index (χ1) is 6.70. The van der Waals surface area contributed by atoms with Gasteiger partial charge in [-0.3, -0.25) is 9.59 Å². The molecule has 0 radical (unpaired) electrons. The Kier molecular flexibility index (Phi) is 0.646. The number of carbonyl (C=O) groups excluding carboxylic acids is 1. The molecule has 0 spiro atoms. The van der Waals surface area contributed by atoms with Gasteiger partial charge in [0.1, 0.15) is 5.78 Å². The topological polar surface area (TPSA) is 54.4 Å². The predicted molar refractivity (Wildman–Crippen MR) is 44.1 cm³/mol. The molecule has 0 aromatic rings. The average Bonchev–Trinajstić information content (AvgIpc) is 2.58. The smallest absolute Gasteiger partial charge is 0.311 e. The van der Waals surface area contributed by atoms with E-state index in [1.807, 2.05) is 0 Å². The van der Waals surface area contributed by atoms with Crippen LogP contribution in [0.5, 0.6) is 0 Å². The number of hydrogen-bond donors (Lipinski definition) is 1. The van der Waals surface area contributed by atoms with Gasteiger partial charge in [-0.25, -0.2) is 0 Å². The second kappa shape index (κ2) is 1.37. The number of carboxylic acid groups (broad SMARTS) is 1. The Hall–Kier alpha value is -0.860. The van der Waals surface area contributed by atoms with Crippen molar-refractivity contribution in [3.8, 4) is 0 Å². The quantitative estimate of drug-likeness (QED) is 0.651. The Morgan fingerprint density at radius 2 is 2.14 bits per heavy atom. The van der Waals surface area contributed by atoms with Crippen molar-refractivity contribution in [1.82, 2.24) is 0 Å². The van der Waals surface area contributed by atoms with E-state index in [-0.39, 0.29) is 17.8 Å². The highest BCUT2D eigenvalue weighted by Crippen LogP contribution is 2.92. The zero-order chi connectivity index (χ0) is 9.40. The SMILES string of the molecule is O=C1[C@H]2[C@H]3C[C@@H]4[C@@H]5[C@@H]3[C@@H]1[C@@]5(C(=O)O)[C@@H]42. The van der Waals surface area contributed by atoms with Crippen LogP contribution >= 0.6 is 0 Å². The molecule has 0 aliphatic heterocycles. The lowest BCUT2D eigenvalue weighted by molar-refractivity contribution is -0.260. The van der Waals surface area contributed by atoms with E-state index >= 15 is 0 Å². The monoisotopic (exact) mass is 190 g/mol. The van der Waals surface area contributed by atoms with Crippen molar-refractivity contribution in [2.75, 3.05) is 0 Å². The van der Waals surface area contributed by atoms with E-state index in [4.69, 9.17) is 0 Å². The number of carbonyl (C=O) groups is 2. The number of hydrogen-bond acceptors (Lipinski definition) is 2. The van der Waals surface area contributed by atoms with Crippen molar-refractivity contribution < 1.29 is 14.7 Å². The minimum atomic E-state index is -0.666. The molecule has 14 heavy (non-hydrogen) atoms. The normalized spacial score (nSPS) is 73.7. The molecule has 6 rings (SSSR count). The number of ketones is 1. The molecule has 3 heteroatoms. The molecular formula is C11H10O3. The average molecular weight is 190 g/mol. The molecule has 3 nitrogen and oxygen atoms in total. The van der Waals surface area contributed by atoms with Crippen LogP contribution in [-0.4, -0.2) is 16.9 Å². The first-order valence-electron chi connectivity index (χ1n) is 5.48. The van der Waals surface area contributed by atoms with Crippen molar-refractivity contribution in [2.24, 2.45) is 46.8 Å². The van der Waals surface area contributed by atoms with Gasteiger partial charge in [-0.2, -0.15) is 0 Å². The van der Waals surface area contributed by atoms with Crippen molar-refractivity contribution in [3.63, 3.8) is 0 Å². The highest BCUT2D eigenvalue weighted by molar-refractivity contribution is 6.02. The highest BCUT2D eigenvalue weighted by atomic mass is 16.4. The molecule has 0 aromatic carbocycles. The molecule has 6 aliphatic carbocycles. The van der Waals surface area contributed by atoms with Crippen molar-refractivity contribution >= 4 is 11.8 Å². The van der Waals surface area contributed by atoms with E-state index in [1.54, 1.807) is 0 Å². The summed E-state index contributed by atoms with van der Waals surface area (Å²) in [6.45, 7) is 0. The molecule has 6 fully saturated rings. The summed E-state index contributed by atoms with van der Waals surface area (Å²) in [5, 5.41) is 9.34. The fourth-order valence-electron chi connectivity index (χ4n) is 6.39. The van der Waals surface area contributed by atoms with Gasteiger partial charge in [0.05, 0.1) is 5.41 Å². The molecule has 0 heterocycles. The molecule has 72 valence electrons. The Labute approximate surface area is 80.5 Å². The fraction of sp³-hybridized carbons (Fsp3) is 0.818. The maximum atomic E-state index is 11.9. The van der Waals surface area contributed by atoms with Crippen molar-refractivity contribution in [1.29, 1.82) is 0 Å². The van der Waals surface area contributed by atoms with Gasteiger partial charge in [-0.15, -0.1) is 0 Å². The van der Waals surface area contributed by atoms with Crippen LogP contribution in [0.1, 0.15) is 6.42 Å². The summed E-state index contributed by atoms with van der Waals surface area (Å²) in [5.41, 5.74) is -0.538. The van der Waals surface area contributed by atoms with Crippen LogP contribution in [0.25, 0.3) is 0 Å². The fourth-order valence-corrected chi connectivity index (χ4v) is 6.39. The van der Waals surface area contributed by atoms with Crippen LogP contribution < -0.4 is 0 Å². The molecule has 0 amide bonds. The van der Waals surface area contributed by atoms with Crippen molar-refractivity contribution in [2.45, 2.75) is 6.42 Å². The first-order valence-corrected chi connectivity index (χ1v) is 5.48. The van der Waals surface area contributed by atoms with E-state index in [0.717, 1.165) is 0 Å². The molecular weight excluding hydrogens is 180 g/mol. The Bertz CT molecular complexity index is 428. The lowest BCUT2D eigenvalue weighted by Gasteiger charge is -2.69. The minimum Gasteiger partial charge on any atom is -0.481 e. The maximum absolute atomic E-state index is 11.9. The molecule has 0 unspecified atom stereocenters. The molecule has 6 aliphatic rings. The third-order valence-electron chi connectivity index (χ3n) is 6.23. The molecule has 0 saturated heterocycles. The predicted octanol–water partition coefficient (Wildman–Crippen LogP) is 0.398. The van der Waals surface area contributed by atoms with Crippen molar-refractivity contribution in [3.05, 3.63) is 0 Å². The first kappa shape index (κ1) is 6.59. The van der Waals surface area contributed by atoms with Gasteiger partial charge >= 0.3 is 5.97 Å². The summed E-state index contributed by atoms with van der Waals surface area (Å²) < 4.78 is 0. The summed E-state index contributed by atoms with van der Waals surface area (Å²) in [6, 6.07) is 0. The van der Waals surface area contributed by atoms with Crippen LogP contribution in [0.4, 0.5) is 0 Å². The molecule has 4 bridgehead atoms. The maximum Gasteiger partial charge on any atom is 0.311 e. The molecule has 6 saturated carbocycles. The van der Waals surface area contributed by atoms with E-state index in [1.165, 1.54) is 6.42 Å². The Morgan fingerprint density at radius 1 is 1.36 bits per heavy atom. The van der Waals surface area contributed by atoms with Gasteiger partial charge in [0.15, 0.2) is 0 Å². The number of carboxylic acids is 1. The molecule has 8 atom stereocenters. The molecule has 0 aromatic heterocycles. The van der Waals surface area contributed by atoms with Crippen LogP contribution in [-0.2, 0) is 9.59 Å². The van der Waals surface area contributed by atoms with Gasteiger partial charge in [0, 0.05) is 11.8 Å². The standard InChI is InChI=1S/C11H10O3/c12-9-5-2-1-3-6-4(2)8(9)11(6,7(3)5)10(13)14/h2-8H,1H2,(H,13,14)/t2-,3+,4+,5-,6+,7-,8-,11-/m0/s1. The van der Waals surface area contributed by atoms with Gasteiger partial charge < -0.3 is 5.11 Å². The Balaban J connectivity index is 1.84. The lowest BCUT2D eigenvalue weighted by atomic mass is 9.32. The number of rotatable bonds is 1. The van der Waals surface area contributed by atoms with E-state index in [2.05, 4.69) is 0 Å². The highest BCUT2D eigenvalue weighted by Gasteiger charge is 2.96. The zero-order valence-corrected chi connectivity index (χ0v) is 7.51. The van der Waals surface area contributed by atoms with Crippen LogP contribution in [0.3, 0.4) is 0 Å². The third-order valence-corrected chi connectivity index (χ3v) is 6.23. The van der Waals surface area contributed by atoms with Gasteiger partial charge in [-0.1, -0.05) is 0 Å². The summed E-state index contributed by atoms with van der Waals surface area (Å²) in [7, 11) is 0.